The predicted molar refractivity (Wildman–Crippen MR) is 137 cm³/mol. The van der Waals surface area contributed by atoms with Gasteiger partial charge < -0.3 is 25.5 Å². The number of carbonyl (C=O) groups is 1. The SMILES string of the molecule is CC(=N)c1c(NC2CCCCC2)nc(C2CCCN(C(=O)c3ccc(N(C)C)cc3)C2)[nH]c1=O. The highest BCUT2D eigenvalue weighted by Crippen LogP contribution is 2.28. The third-order valence-electron chi connectivity index (χ3n) is 6.98. The highest BCUT2D eigenvalue weighted by Gasteiger charge is 2.29. The van der Waals surface area contributed by atoms with Crippen molar-refractivity contribution >= 4 is 23.1 Å². The molecule has 2 aromatic rings. The molecule has 1 aliphatic carbocycles. The zero-order chi connectivity index (χ0) is 24.2. The van der Waals surface area contributed by atoms with Crippen LogP contribution in [0.1, 0.15) is 79.5 Å². The maximum absolute atomic E-state index is 13.2. The van der Waals surface area contributed by atoms with E-state index in [0.717, 1.165) is 31.4 Å². The number of aromatic amines is 1. The summed E-state index contributed by atoms with van der Waals surface area (Å²) in [5.41, 5.74) is 1.97. The number of hydrogen-bond donors (Lipinski definition) is 3. The summed E-state index contributed by atoms with van der Waals surface area (Å²) in [5, 5.41) is 11.6. The molecule has 0 bridgehead atoms. The number of nitrogens with zero attached hydrogens (tertiary/aromatic N) is 3. The van der Waals surface area contributed by atoms with E-state index in [-0.39, 0.29) is 29.1 Å². The monoisotopic (exact) mass is 464 g/mol. The molecule has 182 valence electrons. The molecule has 4 rings (SSSR count). The molecule has 1 aliphatic heterocycles. The minimum atomic E-state index is -0.279. The maximum Gasteiger partial charge on any atom is 0.262 e. The molecule has 3 N–H and O–H groups in total. The number of anilines is 2. The van der Waals surface area contributed by atoms with Crippen LogP contribution in [-0.4, -0.2) is 59.7 Å². The normalized spacial score (nSPS) is 19.0. The third-order valence-corrected chi connectivity index (χ3v) is 6.98. The average molecular weight is 465 g/mol. The van der Waals surface area contributed by atoms with Gasteiger partial charge in [0.2, 0.25) is 0 Å². The Labute approximate surface area is 201 Å². The van der Waals surface area contributed by atoms with Gasteiger partial charge in [-0.05, 0) is 56.9 Å². The fraction of sp³-hybridized carbons (Fsp3) is 0.538. The fourth-order valence-electron chi connectivity index (χ4n) is 5.05. The maximum atomic E-state index is 13.2. The Morgan fingerprint density at radius 1 is 1.12 bits per heavy atom. The fourth-order valence-corrected chi connectivity index (χ4v) is 5.05. The molecule has 1 aromatic heterocycles. The summed E-state index contributed by atoms with van der Waals surface area (Å²) >= 11 is 0. The molecule has 2 fully saturated rings. The quantitative estimate of drug-likeness (QED) is 0.561. The van der Waals surface area contributed by atoms with Crippen LogP contribution in [0, 0.1) is 5.41 Å². The summed E-state index contributed by atoms with van der Waals surface area (Å²) in [7, 11) is 3.95. The van der Waals surface area contributed by atoms with E-state index in [1.807, 2.05) is 48.2 Å². The van der Waals surface area contributed by atoms with Crippen LogP contribution in [0.25, 0.3) is 0 Å². The van der Waals surface area contributed by atoms with Crippen LogP contribution >= 0.6 is 0 Å². The molecule has 1 atom stereocenters. The molecule has 8 heteroatoms. The molecule has 8 nitrogen and oxygen atoms in total. The number of amides is 1. The lowest BCUT2D eigenvalue weighted by molar-refractivity contribution is 0.0704. The van der Waals surface area contributed by atoms with E-state index in [9.17, 15) is 9.59 Å². The van der Waals surface area contributed by atoms with Crippen LogP contribution in [0.2, 0.25) is 0 Å². The van der Waals surface area contributed by atoms with E-state index >= 15 is 0 Å². The lowest BCUT2D eigenvalue weighted by atomic mass is 9.95. The van der Waals surface area contributed by atoms with Gasteiger partial charge in [0.25, 0.3) is 11.5 Å². The van der Waals surface area contributed by atoms with Gasteiger partial charge in [-0.3, -0.25) is 9.59 Å². The highest BCUT2D eigenvalue weighted by atomic mass is 16.2. The van der Waals surface area contributed by atoms with Crippen LogP contribution in [0.5, 0.6) is 0 Å². The van der Waals surface area contributed by atoms with E-state index in [2.05, 4.69) is 10.3 Å². The lowest BCUT2D eigenvalue weighted by Gasteiger charge is -2.33. The number of benzene rings is 1. The third kappa shape index (κ3) is 5.32. The molecule has 0 spiro atoms. The van der Waals surface area contributed by atoms with Crippen molar-refractivity contribution in [2.45, 2.75) is 63.8 Å². The molecule has 1 saturated heterocycles. The van der Waals surface area contributed by atoms with E-state index in [4.69, 9.17) is 10.4 Å². The minimum absolute atomic E-state index is 0.00450. The summed E-state index contributed by atoms with van der Waals surface area (Å²) in [5.74, 6) is 1.08. The second kappa shape index (κ2) is 10.4. The van der Waals surface area contributed by atoms with Gasteiger partial charge in [-0.25, -0.2) is 4.98 Å². The molecular formula is C26H36N6O2. The molecule has 1 amide bonds. The standard InChI is InChI=1S/C26H36N6O2/c1-17(27)22-24(28-20-9-5-4-6-10-20)29-23(30-25(22)33)19-8-7-15-32(16-19)26(34)18-11-13-21(14-12-18)31(2)3/h11-14,19-20,27H,4-10,15-16H2,1-3H3,(H2,28,29,30,33). The van der Waals surface area contributed by atoms with Gasteiger partial charge >= 0.3 is 0 Å². The molecule has 1 saturated carbocycles. The second-order valence-corrected chi connectivity index (χ2v) is 9.81. The van der Waals surface area contributed by atoms with Crippen molar-refractivity contribution in [3.05, 3.63) is 51.6 Å². The Bertz CT molecular complexity index is 1090. The second-order valence-electron chi connectivity index (χ2n) is 9.81. The average Bonchev–Trinajstić information content (AvgIpc) is 2.84. The minimum Gasteiger partial charge on any atom is -0.378 e. The van der Waals surface area contributed by atoms with Gasteiger partial charge in [-0.1, -0.05) is 19.3 Å². The molecule has 0 radical (unpaired) electrons. The number of piperidine rings is 1. The number of rotatable bonds is 6. The molecule has 34 heavy (non-hydrogen) atoms. The smallest absolute Gasteiger partial charge is 0.262 e. The number of H-pyrrole nitrogens is 1. The van der Waals surface area contributed by atoms with E-state index in [0.29, 0.717) is 35.9 Å². The Morgan fingerprint density at radius 2 is 1.82 bits per heavy atom. The first-order valence-corrected chi connectivity index (χ1v) is 12.4. The van der Waals surface area contributed by atoms with Gasteiger partial charge in [0, 0.05) is 56.1 Å². The number of aromatic nitrogens is 2. The molecular weight excluding hydrogens is 428 g/mol. The Balaban J connectivity index is 1.55. The van der Waals surface area contributed by atoms with Crippen molar-refractivity contribution < 1.29 is 4.79 Å². The first-order valence-electron chi connectivity index (χ1n) is 12.4. The number of carbonyl (C=O) groups excluding carboxylic acids is 1. The van der Waals surface area contributed by atoms with Crippen molar-refractivity contribution in [1.82, 2.24) is 14.9 Å². The van der Waals surface area contributed by atoms with E-state index in [1.54, 1.807) is 6.92 Å². The first-order chi connectivity index (χ1) is 16.3. The number of hydrogen-bond acceptors (Lipinski definition) is 6. The molecule has 2 aliphatic rings. The summed E-state index contributed by atoms with van der Waals surface area (Å²) in [6.45, 7) is 2.84. The summed E-state index contributed by atoms with van der Waals surface area (Å²) in [4.78, 5) is 37.7. The van der Waals surface area contributed by atoms with Crippen LogP contribution in [0.3, 0.4) is 0 Å². The molecule has 1 unspecified atom stereocenters. The van der Waals surface area contributed by atoms with Crippen LogP contribution in [-0.2, 0) is 0 Å². The molecule has 1 aromatic carbocycles. The van der Waals surface area contributed by atoms with E-state index < -0.39 is 0 Å². The van der Waals surface area contributed by atoms with E-state index in [1.165, 1.54) is 19.3 Å². The van der Waals surface area contributed by atoms with Crippen molar-refractivity contribution in [2.75, 3.05) is 37.4 Å². The Morgan fingerprint density at radius 3 is 2.47 bits per heavy atom. The summed E-state index contributed by atoms with van der Waals surface area (Å²) in [6, 6.07) is 7.93. The van der Waals surface area contributed by atoms with Gasteiger partial charge in [-0.2, -0.15) is 0 Å². The Hall–Kier alpha value is -3.16. The summed E-state index contributed by atoms with van der Waals surface area (Å²) in [6.07, 6.45) is 7.40. The predicted octanol–water partition coefficient (Wildman–Crippen LogP) is 3.99. The largest absolute Gasteiger partial charge is 0.378 e. The zero-order valence-corrected chi connectivity index (χ0v) is 20.5. The van der Waals surface area contributed by atoms with Crippen molar-refractivity contribution in [2.24, 2.45) is 0 Å². The van der Waals surface area contributed by atoms with Crippen molar-refractivity contribution in [1.29, 1.82) is 5.41 Å². The van der Waals surface area contributed by atoms with Gasteiger partial charge in [0.1, 0.15) is 17.2 Å². The van der Waals surface area contributed by atoms with Crippen molar-refractivity contribution in [3.8, 4) is 0 Å². The Kier molecular flexibility index (Phi) is 7.34. The van der Waals surface area contributed by atoms with Gasteiger partial charge in [-0.15, -0.1) is 0 Å². The van der Waals surface area contributed by atoms with Gasteiger partial charge in [0.05, 0.1) is 0 Å². The van der Waals surface area contributed by atoms with Crippen molar-refractivity contribution in [3.63, 3.8) is 0 Å². The van der Waals surface area contributed by atoms with Crippen LogP contribution in [0.4, 0.5) is 11.5 Å². The number of likely N-dealkylation sites (tertiary alicyclic amines) is 1. The lowest BCUT2D eigenvalue weighted by Crippen LogP contribution is -2.40. The topological polar surface area (TPSA) is 105 Å². The van der Waals surface area contributed by atoms with Gasteiger partial charge in [0.15, 0.2) is 0 Å². The molecule has 2 heterocycles. The highest BCUT2D eigenvalue weighted by molar-refractivity contribution is 6.00. The van der Waals surface area contributed by atoms with Crippen LogP contribution in [0.15, 0.2) is 29.1 Å². The first kappa shape index (κ1) is 24.0. The summed E-state index contributed by atoms with van der Waals surface area (Å²) < 4.78 is 0. The van der Waals surface area contributed by atoms with Crippen LogP contribution < -0.4 is 15.8 Å². The zero-order valence-electron chi connectivity index (χ0n) is 20.5. The number of nitrogens with one attached hydrogen (secondary N) is 3.